The van der Waals surface area contributed by atoms with Crippen LogP contribution >= 0.6 is 15.9 Å². The number of anilines is 1. The summed E-state index contributed by atoms with van der Waals surface area (Å²) >= 11 is 3.22. The van der Waals surface area contributed by atoms with Gasteiger partial charge in [0.15, 0.2) is 5.82 Å². The minimum absolute atomic E-state index is 0.242. The third-order valence-corrected chi connectivity index (χ3v) is 1.68. The van der Waals surface area contributed by atoms with E-state index in [0.717, 1.165) is 5.33 Å². The number of aromatic nitrogens is 2. The SMILES string of the molecule is N#Cc1c(N)n[nH]c1C=CCBr. The summed E-state index contributed by atoms with van der Waals surface area (Å²) in [7, 11) is 0. The predicted molar refractivity (Wildman–Crippen MR) is 50.5 cm³/mol. The van der Waals surface area contributed by atoms with Gasteiger partial charge in [-0.3, -0.25) is 5.10 Å². The summed E-state index contributed by atoms with van der Waals surface area (Å²) in [6, 6.07) is 1.97. The van der Waals surface area contributed by atoms with Crippen molar-refractivity contribution in [2.24, 2.45) is 0 Å². The zero-order valence-corrected chi connectivity index (χ0v) is 7.80. The van der Waals surface area contributed by atoms with Gasteiger partial charge in [-0.15, -0.1) is 0 Å². The van der Waals surface area contributed by atoms with Crippen LogP contribution < -0.4 is 5.73 Å². The molecular formula is C7H7BrN4. The molecule has 0 aliphatic rings. The average Bonchev–Trinajstić information content (AvgIpc) is 2.43. The van der Waals surface area contributed by atoms with Crippen LogP contribution in [0.15, 0.2) is 6.08 Å². The van der Waals surface area contributed by atoms with Crippen LogP contribution in [0.1, 0.15) is 11.3 Å². The summed E-state index contributed by atoms with van der Waals surface area (Å²) in [6.07, 6.45) is 3.62. The molecule has 5 heteroatoms. The summed E-state index contributed by atoms with van der Waals surface area (Å²) < 4.78 is 0. The monoisotopic (exact) mass is 226 g/mol. The maximum absolute atomic E-state index is 8.65. The van der Waals surface area contributed by atoms with Gasteiger partial charge in [0.05, 0.1) is 5.69 Å². The van der Waals surface area contributed by atoms with Gasteiger partial charge in [0.2, 0.25) is 0 Å². The molecule has 0 saturated heterocycles. The third-order valence-electron chi connectivity index (χ3n) is 1.31. The number of halogens is 1. The minimum atomic E-state index is 0.242. The highest BCUT2D eigenvalue weighted by atomic mass is 79.9. The van der Waals surface area contributed by atoms with E-state index in [1.54, 1.807) is 6.08 Å². The standard InChI is InChI=1S/C7H7BrN4/c8-3-1-2-6-5(4-9)7(10)12-11-6/h1-2H,3H2,(H3,10,11,12). The number of rotatable bonds is 2. The van der Waals surface area contributed by atoms with Crippen LogP contribution in [0, 0.1) is 11.3 Å². The molecule has 0 amide bonds. The fourth-order valence-corrected chi connectivity index (χ4v) is 0.958. The highest BCUT2D eigenvalue weighted by molar-refractivity contribution is 9.09. The number of hydrogen-bond acceptors (Lipinski definition) is 3. The lowest BCUT2D eigenvalue weighted by atomic mass is 10.2. The summed E-state index contributed by atoms with van der Waals surface area (Å²) in [6.45, 7) is 0. The number of nitrogens with zero attached hydrogens (tertiary/aromatic N) is 2. The van der Waals surface area contributed by atoms with Gasteiger partial charge in [0.25, 0.3) is 0 Å². The molecule has 62 valence electrons. The van der Waals surface area contributed by atoms with Crippen molar-refractivity contribution in [3.8, 4) is 6.07 Å². The van der Waals surface area contributed by atoms with E-state index in [-0.39, 0.29) is 5.82 Å². The first-order valence-corrected chi connectivity index (χ1v) is 4.38. The summed E-state index contributed by atoms with van der Waals surface area (Å²) in [4.78, 5) is 0. The van der Waals surface area contributed by atoms with Gasteiger partial charge in [0.1, 0.15) is 11.6 Å². The molecule has 0 aliphatic carbocycles. The van der Waals surface area contributed by atoms with Gasteiger partial charge in [-0.2, -0.15) is 10.4 Å². The second-order valence-corrected chi connectivity index (χ2v) is 2.71. The lowest BCUT2D eigenvalue weighted by Gasteiger charge is -1.85. The Morgan fingerprint density at radius 2 is 2.50 bits per heavy atom. The Kier molecular flexibility index (Phi) is 2.88. The van der Waals surface area contributed by atoms with E-state index >= 15 is 0 Å². The van der Waals surface area contributed by atoms with Gasteiger partial charge in [-0.05, 0) is 6.08 Å². The van der Waals surface area contributed by atoms with Crippen molar-refractivity contribution in [2.45, 2.75) is 0 Å². The molecule has 0 radical (unpaired) electrons. The molecule has 1 rings (SSSR count). The van der Waals surface area contributed by atoms with Gasteiger partial charge < -0.3 is 5.73 Å². The van der Waals surface area contributed by atoms with Crippen LogP contribution in [-0.2, 0) is 0 Å². The predicted octanol–water partition coefficient (Wildman–Crippen LogP) is 1.27. The Morgan fingerprint density at radius 1 is 1.75 bits per heavy atom. The number of alkyl halides is 1. The fourth-order valence-electron chi connectivity index (χ4n) is 0.771. The number of nitrogens with two attached hydrogens (primary N) is 1. The van der Waals surface area contributed by atoms with Crippen molar-refractivity contribution in [1.29, 1.82) is 5.26 Å². The maximum atomic E-state index is 8.65. The fraction of sp³-hybridized carbons (Fsp3) is 0.143. The largest absolute Gasteiger partial charge is 0.381 e. The molecule has 0 aromatic carbocycles. The summed E-state index contributed by atoms with van der Waals surface area (Å²) in [5, 5.41) is 15.7. The number of nitrogen functional groups attached to an aromatic ring is 1. The van der Waals surface area contributed by atoms with Crippen LogP contribution in [0.4, 0.5) is 5.82 Å². The minimum Gasteiger partial charge on any atom is -0.381 e. The lowest BCUT2D eigenvalue weighted by Crippen LogP contribution is -1.87. The van der Waals surface area contributed by atoms with E-state index in [9.17, 15) is 0 Å². The molecule has 1 heterocycles. The van der Waals surface area contributed by atoms with Crippen LogP contribution in [0.3, 0.4) is 0 Å². The zero-order chi connectivity index (χ0) is 8.97. The van der Waals surface area contributed by atoms with Crippen LogP contribution in [0.5, 0.6) is 0 Å². The van der Waals surface area contributed by atoms with E-state index in [1.165, 1.54) is 0 Å². The molecule has 0 atom stereocenters. The first-order valence-electron chi connectivity index (χ1n) is 3.26. The maximum Gasteiger partial charge on any atom is 0.163 e. The zero-order valence-electron chi connectivity index (χ0n) is 6.21. The Labute approximate surface area is 78.2 Å². The normalized spacial score (nSPS) is 10.3. The van der Waals surface area contributed by atoms with E-state index < -0.39 is 0 Å². The number of hydrogen-bond donors (Lipinski definition) is 2. The molecule has 1 aromatic heterocycles. The molecule has 4 nitrogen and oxygen atoms in total. The average molecular weight is 227 g/mol. The van der Waals surface area contributed by atoms with Crippen molar-refractivity contribution < 1.29 is 0 Å². The topological polar surface area (TPSA) is 78.5 Å². The van der Waals surface area contributed by atoms with Crippen LogP contribution in [-0.4, -0.2) is 15.5 Å². The first kappa shape index (κ1) is 8.81. The lowest BCUT2D eigenvalue weighted by molar-refractivity contribution is 1.09. The van der Waals surface area contributed by atoms with Crippen molar-refractivity contribution in [3.05, 3.63) is 17.3 Å². The molecule has 3 N–H and O–H groups in total. The van der Waals surface area contributed by atoms with E-state index in [4.69, 9.17) is 11.0 Å². The Hall–Kier alpha value is -1.28. The smallest absolute Gasteiger partial charge is 0.163 e. The van der Waals surface area contributed by atoms with Crippen molar-refractivity contribution >= 4 is 27.8 Å². The van der Waals surface area contributed by atoms with E-state index in [0.29, 0.717) is 11.3 Å². The molecular weight excluding hydrogens is 220 g/mol. The highest BCUT2D eigenvalue weighted by Gasteiger charge is 2.05. The molecule has 0 unspecified atom stereocenters. The molecule has 1 aromatic rings. The molecule has 12 heavy (non-hydrogen) atoms. The summed E-state index contributed by atoms with van der Waals surface area (Å²) in [5.41, 5.74) is 6.46. The molecule has 0 fully saturated rings. The number of allylic oxidation sites excluding steroid dienone is 1. The summed E-state index contributed by atoms with van der Waals surface area (Å²) in [5.74, 6) is 0.242. The van der Waals surface area contributed by atoms with E-state index in [1.807, 2.05) is 12.1 Å². The Morgan fingerprint density at radius 3 is 3.08 bits per heavy atom. The van der Waals surface area contributed by atoms with Crippen molar-refractivity contribution in [1.82, 2.24) is 10.2 Å². The van der Waals surface area contributed by atoms with Crippen molar-refractivity contribution in [3.63, 3.8) is 0 Å². The van der Waals surface area contributed by atoms with Crippen LogP contribution in [0.25, 0.3) is 6.08 Å². The van der Waals surface area contributed by atoms with Crippen LogP contribution in [0.2, 0.25) is 0 Å². The third kappa shape index (κ3) is 1.66. The van der Waals surface area contributed by atoms with Gasteiger partial charge >= 0.3 is 0 Å². The Balaban J connectivity index is 3.01. The second-order valence-electron chi connectivity index (χ2n) is 2.07. The Bertz CT molecular complexity index is 334. The number of H-pyrrole nitrogens is 1. The second kappa shape index (κ2) is 3.93. The number of nitrogens with one attached hydrogen (secondary N) is 1. The molecule has 0 bridgehead atoms. The van der Waals surface area contributed by atoms with Gasteiger partial charge in [-0.25, -0.2) is 0 Å². The molecule has 0 saturated carbocycles. The van der Waals surface area contributed by atoms with Gasteiger partial charge in [-0.1, -0.05) is 22.0 Å². The van der Waals surface area contributed by atoms with Crippen molar-refractivity contribution in [2.75, 3.05) is 11.1 Å². The molecule has 0 spiro atoms. The number of aromatic amines is 1. The molecule has 0 aliphatic heterocycles. The number of nitriles is 1. The quantitative estimate of drug-likeness (QED) is 0.746. The highest BCUT2D eigenvalue weighted by Crippen LogP contribution is 2.12. The van der Waals surface area contributed by atoms with E-state index in [2.05, 4.69) is 26.1 Å². The first-order chi connectivity index (χ1) is 5.79. The van der Waals surface area contributed by atoms with Gasteiger partial charge in [0, 0.05) is 5.33 Å².